The number of hydrogen-bond donors (Lipinski definition) is 1. The molecule has 0 atom stereocenters. The molecule has 1 N–H and O–H groups in total. The van der Waals surface area contributed by atoms with E-state index in [4.69, 9.17) is 4.74 Å². The van der Waals surface area contributed by atoms with Gasteiger partial charge in [-0.25, -0.2) is 8.42 Å². The van der Waals surface area contributed by atoms with Crippen LogP contribution in [0.4, 0.5) is 0 Å². The van der Waals surface area contributed by atoms with Crippen LogP contribution < -0.4 is 10.1 Å². The van der Waals surface area contributed by atoms with Crippen molar-refractivity contribution in [2.45, 2.75) is 24.7 Å². The number of ether oxygens (including phenoxy) is 1. The van der Waals surface area contributed by atoms with Gasteiger partial charge in [-0.15, -0.1) is 0 Å². The second-order valence-electron chi connectivity index (χ2n) is 5.45. The van der Waals surface area contributed by atoms with E-state index in [2.05, 4.69) is 28.2 Å². The maximum absolute atomic E-state index is 12.8. The number of hydrogen-bond acceptors (Lipinski definition) is 4. The van der Waals surface area contributed by atoms with Gasteiger partial charge in [0, 0.05) is 17.6 Å². The number of methoxy groups -OCH3 is 1. The number of sulfonamides is 1. The molecule has 0 aliphatic carbocycles. The first kappa shape index (κ1) is 17.7. The Hall–Kier alpha value is -0.630. The Kier molecular flexibility index (Phi) is 6.26. The second kappa shape index (κ2) is 7.77. The zero-order valence-electron chi connectivity index (χ0n) is 13.0. The highest BCUT2D eigenvalue weighted by molar-refractivity contribution is 9.10. The minimum Gasteiger partial charge on any atom is -0.495 e. The molecule has 1 aliphatic heterocycles. The van der Waals surface area contributed by atoms with Gasteiger partial charge in [-0.3, -0.25) is 0 Å². The highest BCUT2D eigenvalue weighted by atomic mass is 79.9. The van der Waals surface area contributed by atoms with Crippen molar-refractivity contribution in [1.29, 1.82) is 0 Å². The van der Waals surface area contributed by atoms with Crippen molar-refractivity contribution in [2.24, 2.45) is 5.92 Å². The highest BCUT2D eigenvalue weighted by Gasteiger charge is 2.31. The normalized spacial score (nSPS) is 17.6. The standard InChI is InChI=1S/C15H23BrN2O3S/c1-3-17-11-12-6-8-18(9-7-12)22(19,20)15-10-13(16)4-5-14(15)21-2/h4-5,10,12,17H,3,6-9,11H2,1-2H3. The van der Waals surface area contributed by atoms with Crippen LogP contribution in [0.3, 0.4) is 0 Å². The summed E-state index contributed by atoms with van der Waals surface area (Å²) in [5, 5.41) is 3.33. The summed E-state index contributed by atoms with van der Waals surface area (Å²) in [6.07, 6.45) is 1.78. The summed E-state index contributed by atoms with van der Waals surface area (Å²) in [5.74, 6) is 0.939. The summed E-state index contributed by atoms with van der Waals surface area (Å²) >= 11 is 3.33. The number of nitrogens with one attached hydrogen (secondary N) is 1. The average Bonchev–Trinajstić information content (AvgIpc) is 2.53. The molecule has 2 rings (SSSR count). The lowest BCUT2D eigenvalue weighted by Crippen LogP contribution is -2.40. The Morgan fingerprint density at radius 3 is 2.64 bits per heavy atom. The zero-order chi connectivity index (χ0) is 16.2. The van der Waals surface area contributed by atoms with Gasteiger partial charge in [0.2, 0.25) is 10.0 Å². The van der Waals surface area contributed by atoms with Gasteiger partial charge < -0.3 is 10.1 Å². The second-order valence-corrected chi connectivity index (χ2v) is 8.27. The fraction of sp³-hybridized carbons (Fsp3) is 0.600. The van der Waals surface area contributed by atoms with E-state index in [1.165, 1.54) is 7.11 Å². The Morgan fingerprint density at radius 2 is 2.05 bits per heavy atom. The summed E-state index contributed by atoms with van der Waals surface area (Å²) in [6, 6.07) is 5.06. The Labute approximate surface area is 141 Å². The molecule has 0 saturated carbocycles. The molecular weight excluding hydrogens is 368 g/mol. The summed E-state index contributed by atoms with van der Waals surface area (Å²) in [5.41, 5.74) is 0. The summed E-state index contributed by atoms with van der Waals surface area (Å²) < 4.78 is 33.2. The van der Waals surface area contributed by atoms with E-state index < -0.39 is 10.0 Å². The van der Waals surface area contributed by atoms with Gasteiger partial charge in [-0.05, 0) is 50.0 Å². The predicted molar refractivity (Wildman–Crippen MR) is 90.7 cm³/mol. The largest absolute Gasteiger partial charge is 0.495 e. The van der Waals surface area contributed by atoms with Crippen LogP contribution in [0.2, 0.25) is 0 Å². The molecular formula is C15H23BrN2O3S. The molecule has 0 amide bonds. The van der Waals surface area contributed by atoms with Gasteiger partial charge in [0.25, 0.3) is 0 Å². The fourth-order valence-corrected chi connectivity index (χ4v) is 4.86. The van der Waals surface area contributed by atoms with Crippen molar-refractivity contribution in [3.63, 3.8) is 0 Å². The molecule has 1 aromatic rings. The number of rotatable bonds is 6. The number of benzene rings is 1. The van der Waals surface area contributed by atoms with Crippen molar-refractivity contribution in [1.82, 2.24) is 9.62 Å². The SMILES string of the molecule is CCNCC1CCN(S(=O)(=O)c2cc(Br)ccc2OC)CC1. The van der Waals surface area contributed by atoms with E-state index in [9.17, 15) is 8.42 Å². The van der Waals surface area contributed by atoms with Crippen molar-refractivity contribution >= 4 is 26.0 Å². The van der Waals surface area contributed by atoms with Gasteiger partial charge in [-0.1, -0.05) is 22.9 Å². The molecule has 1 aromatic carbocycles. The van der Waals surface area contributed by atoms with E-state index >= 15 is 0 Å². The molecule has 22 heavy (non-hydrogen) atoms. The molecule has 5 nitrogen and oxygen atoms in total. The van der Waals surface area contributed by atoms with Crippen LogP contribution in [0.5, 0.6) is 5.75 Å². The Morgan fingerprint density at radius 1 is 1.36 bits per heavy atom. The third-order valence-electron chi connectivity index (χ3n) is 4.00. The third-order valence-corrected chi connectivity index (χ3v) is 6.41. The molecule has 1 aliphatic rings. The van der Waals surface area contributed by atoms with Gasteiger partial charge >= 0.3 is 0 Å². The smallest absolute Gasteiger partial charge is 0.246 e. The van der Waals surface area contributed by atoms with Gasteiger partial charge in [0.15, 0.2) is 0 Å². The number of piperidine rings is 1. The van der Waals surface area contributed by atoms with Crippen molar-refractivity contribution in [3.05, 3.63) is 22.7 Å². The lowest BCUT2D eigenvalue weighted by molar-refractivity contribution is 0.267. The molecule has 1 heterocycles. The molecule has 0 aromatic heterocycles. The third kappa shape index (κ3) is 4.01. The average molecular weight is 391 g/mol. The van der Waals surface area contributed by atoms with E-state index in [1.54, 1.807) is 22.5 Å². The van der Waals surface area contributed by atoms with E-state index in [0.717, 1.165) is 30.4 Å². The molecule has 1 saturated heterocycles. The quantitative estimate of drug-likeness (QED) is 0.810. The summed E-state index contributed by atoms with van der Waals surface area (Å²) in [6.45, 7) is 5.12. The van der Waals surface area contributed by atoms with Crippen LogP contribution in [0.1, 0.15) is 19.8 Å². The van der Waals surface area contributed by atoms with Gasteiger partial charge in [-0.2, -0.15) is 4.31 Å². The molecule has 0 unspecified atom stereocenters. The summed E-state index contributed by atoms with van der Waals surface area (Å²) in [7, 11) is -2.02. The Balaban J connectivity index is 2.14. The van der Waals surface area contributed by atoms with Crippen LogP contribution in [0.25, 0.3) is 0 Å². The van der Waals surface area contributed by atoms with Crippen molar-refractivity contribution in [3.8, 4) is 5.75 Å². The van der Waals surface area contributed by atoms with E-state index in [-0.39, 0.29) is 4.90 Å². The van der Waals surface area contributed by atoms with Crippen molar-refractivity contribution < 1.29 is 13.2 Å². The molecule has 0 bridgehead atoms. The lowest BCUT2D eigenvalue weighted by atomic mass is 9.98. The minimum atomic E-state index is -3.51. The maximum atomic E-state index is 12.8. The first-order chi connectivity index (χ1) is 10.5. The monoisotopic (exact) mass is 390 g/mol. The molecule has 0 spiro atoms. The molecule has 7 heteroatoms. The van der Waals surface area contributed by atoms with Crippen LogP contribution in [-0.2, 0) is 10.0 Å². The lowest BCUT2D eigenvalue weighted by Gasteiger charge is -2.31. The van der Waals surface area contributed by atoms with Gasteiger partial charge in [0.05, 0.1) is 7.11 Å². The van der Waals surface area contributed by atoms with Crippen LogP contribution in [-0.4, -0.2) is 46.0 Å². The number of halogens is 1. The number of nitrogens with zero attached hydrogens (tertiary/aromatic N) is 1. The molecule has 1 fully saturated rings. The van der Waals surface area contributed by atoms with Gasteiger partial charge in [0.1, 0.15) is 10.6 Å². The van der Waals surface area contributed by atoms with Crippen molar-refractivity contribution in [2.75, 3.05) is 33.3 Å². The van der Waals surface area contributed by atoms with E-state index in [1.807, 2.05) is 0 Å². The fourth-order valence-electron chi connectivity index (χ4n) is 2.69. The van der Waals surface area contributed by atoms with Crippen LogP contribution in [0, 0.1) is 5.92 Å². The summed E-state index contributed by atoms with van der Waals surface area (Å²) in [4.78, 5) is 0.231. The predicted octanol–water partition coefficient (Wildman–Crippen LogP) is 2.47. The Bertz CT molecular complexity index is 599. The first-order valence-corrected chi connectivity index (χ1v) is 9.76. The van der Waals surface area contributed by atoms with Crippen LogP contribution in [0.15, 0.2) is 27.6 Å². The minimum absolute atomic E-state index is 0.231. The first-order valence-electron chi connectivity index (χ1n) is 7.53. The van der Waals surface area contributed by atoms with E-state index in [0.29, 0.717) is 24.8 Å². The molecule has 0 radical (unpaired) electrons. The topological polar surface area (TPSA) is 58.6 Å². The molecule has 124 valence electrons. The maximum Gasteiger partial charge on any atom is 0.246 e. The zero-order valence-corrected chi connectivity index (χ0v) is 15.4. The van der Waals surface area contributed by atoms with Crippen LogP contribution >= 0.6 is 15.9 Å². The highest BCUT2D eigenvalue weighted by Crippen LogP contribution is 2.31.